The maximum Gasteiger partial charge on any atom is 0.329 e. The molecule has 174 valence electrons. The van der Waals surface area contributed by atoms with E-state index in [2.05, 4.69) is 5.32 Å². The van der Waals surface area contributed by atoms with Crippen LogP contribution in [0.4, 0.5) is 0 Å². The standard InChI is InChI=1S/C24H33N3O5/c1-17(2)21(26(4)22(29)14-25-16-28)13-18(3)23(30)27-12-8-11-20(27)24(31)32-15-19-9-6-5-7-10-19/h5-7,9-10,13,16-17,20-21H,8,11-12,14-15H2,1-4H3,(H,25,28)/b18-13+/t20-,21+/m0/s1. The highest BCUT2D eigenvalue weighted by atomic mass is 16.5. The number of carbonyl (C=O) groups excluding carboxylic acids is 4. The molecule has 1 N–H and O–H groups in total. The number of likely N-dealkylation sites (tertiary alicyclic amines) is 1. The zero-order valence-electron chi connectivity index (χ0n) is 19.2. The van der Waals surface area contributed by atoms with Crippen LogP contribution < -0.4 is 5.32 Å². The molecule has 0 radical (unpaired) electrons. The molecule has 1 fully saturated rings. The van der Waals surface area contributed by atoms with Crippen LogP contribution in [0.3, 0.4) is 0 Å². The van der Waals surface area contributed by atoms with Crippen molar-refractivity contribution in [2.45, 2.75) is 52.3 Å². The minimum Gasteiger partial charge on any atom is -0.459 e. The predicted molar refractivity (Wildman–Crippen MR) is 120 cm³/mol. The highest BCUT2D eigenvalue weighted by Gasteiger charge is 2.36. The second-order valence-corrected chi connectivity index (χ2v) is 8.34. The summed E-state index contributed by atoms with van der Waals surface area (Å²) >= 11 is 0. The highest BCUT2D eigenvalue weighted by Crippen LogP contribution is 2.22. The minimum atomic E-state index is -0.608. The lowest BCUT2D eigenvalue weighted by atomic mass is 9.99. The summed E-state index contributed by atoms with van der Waals surface area (Å²) in [4.78, 5) is 51.7. The summed E-state index contributed by atoms with van der Waals surface area (Å²) in [6.45, 7) is 6.16. The van der Waals surface area contributed by atoms with Gasteiger partial charge in [0.1, 0.15) is 12.6 Å². The Hall–Kier alpha value is -3.16. The topological polar surface area (TPSA) is 96.0 Å². The van der Waals surface area contributed by atoms with E-state index in [-0.39, 0.29) is 36.9 Å². The molecule has 0 aliphatic carbocycles. The van der Waals surface area contributed by atoms with E-state index < -0.39 is 12.0 Å². The van der Waals surface area contributed by atoms with Gasteiger partial charge in [-0.3, -0.25) is 14.4 Å². The third-order valence-electron chi connectivity index (χ3n) is 5.63. The fraction of sp³-hybridized carbons (Fsp3) is 0.500. The first-order valence-electron chi connectivity index (χ1n) is 10.9. The Morgan fingerprint density at radius 1 is 1.25 bits per heavy atom. The summed E-state index contributed by atoms with van der Waals surface area (Å²) in [7, 11) is 1.65. The molecule has 32 heavy (non-hydrogen) atoms. The molecule has 0 bridgehead atoms. The molecule has 0 saturated carbocycles. The fourth-order valence-corrected chi connectivity index (χ4v) is 3.81. The molecule has 3 amide bonds. The van der Waals surface area contributed by atoms with E-state index in [1.54, 1.807) is 24.9 Å². The van der Waals surface area contributed by atoms with Crippen molar-refractivity contribution < 1.29 is 23.9 Å². The molecule has 0 unspecified atom stereocenters. The summed E-state index contributed by atoms with van der Waals surface area (Å²) in [5.41, 5.74) is 1.36. The largest absolute Gasteiger partial charge is 0.459 e. The Morgan fingerprint density at radius 3 is 2.56 bits per heavy atom. The maximum absolute atomic E-state index is 13.1. The Morgan fingerprint density at radius 2 is 1.94 bits per heavy atom. The van der Waals surface area contributed by atoms with E-state index in [1.165, 1.54) is 4.90 Å². The number of carbonyl (C=O) groups is 4. The van der Waals surface area contributed by atoms with Crippen molar-refractivity contribution in [3.8, 4) is 0 Å². The Kier molecular flexibility index (Phi) is 9.43. The van der Waals surface area contributed by atoms with Crippen LogP contribution in [0.5, 0.6) is 0 Å². The van der Waals surface area contributed by atoms with Crippen molar-refractivity contribution in [2.75, 3.05) is 20.1 Å². The number of likely N-dealkylation sites (N-methyl/N-ethyl adjacent to an activating group) is 1. The fourth-order valence-electron chi connectivity index (χ4n) is 3.81. The second-order valence-electron chi connectivity index (χ2n) is 8.34. The molecule has 0 aromatic heterocycles. The van der Waals surface area contributed by atoms with Crippen molar-refractivity contribution in [3.05, 3.63) is 47.5 Å². The van der Waals surface area contributed by atoms with E-state index in [9.17, 15) is 19.2 Å². The first-order chi connectivity index (χ1) is 15.3. The number of nitrogens with zero attached hydrogens (tertiary/aromatic N) is 2. The van der Waals surface area contributed by atoms with Crippen LogP contribution in [0.15, 0.2) is 42.0 Å². The van der Waals surface area contributed by atoms with Crippen LogP contribution in [-0.2, 0) is 30.5 Å². The smallest absolute Gasteiger partial charge is 0.329 e. The number of rotatable bonds is 10. The normalized spacial score (nSPS) is 17.1. The Balaban J connectivity index is 2.07. The van der Waals surface area contributed by atoms with Gasteiger partial charge >= 0.3 is 5.97 Å². The van der Waals surface area contributed by atoms with Crippen molar-refractivity contribution in [1.82, 2.24) is 15.1 Å². The lowest BCUT2D eigenvalue weighted by Crippen LogP contribution is -2.44. The number of esters is 1. The molecular formula is C24H33N3O5. The summed E-state index contributed by atoms with van der Waals surface area (Å²) < 4.78 is 5.46. The first kappa shape index (κ1) is 25.1. The summed E-state index contributed by atoms with van der Waals surface area (Å²) in [5, 5.41) is 2.37. The Bertz CT molecular complexity index is 837. The molecule has 1 aliphatic rings. The quantitative estimate of drug-likeness (QED) is 0.339. The van der Waals surface area contributed by atoms with Crippen molar-refractivity contribution in [1.29, 1.82) is 0 Å². The van der Waals surface area contributed by atoms with Crippen LogP contribution in [0.2, 0.25) is 0 Å². The van der Waals surface area contributed by atoms with Gasteiger partial charge in [-0.05, 0) is 31.2 Å². The van der Waals surface area contributed by atoms with Crippen molar-refractivity contribution in [3.63, 3.8) is 0 Å². The number of ether oxygens (including phenoxy) is 1. The van der Waals surface area contributed by atoms with Crippen LogP contribution >= 0.6 is 0 Å². The summed E-state index contributed by atoms with van der Waals surface area (Å²) in [6, 6.07) is 8.48. The second kappa shape index (κ2) is 12.0. The van der Waals surface area contributed by atoms with Crippen LogP contribution in [0.1, 0.15) is 39.2 Å². The predicted octanol–water partition coefficient (Wildman–Crippen LogP) is 1.90. The van der Waals surface area contributed by atoms with E-state index >= 15 is 0 Å². The lowest BCUT2D eigenvalue weighted by molar-refractivity contribution is -0.153. The average Bonchev–Trinajstić information content (AvgIpc) is 3.28. The third kappa shape index (κ3) is 6.67. The van der Waals surface area contributed by atoms with E-state index in [1.807, 2.05) is 44.2 Å². The zero-order valence-corrected chi connectivity index (χ0v) is 19.2. The van der Waals surface area contributed by atoms with Crippen molar-refractivity contribution in [2.24, 2.45) is 5.92 Å². The molecule has 8 nitrogen and oxygen atoms in total. The molecule has 8 heteroatoms. The molecule has 2 rings (SSSR count). The van der Waals surface area contributed by atoms with E-state index in [0.29, 0.717) is 24.9 Å². The number of hydrogen-bond acceptors (Lipinski definition) is 5. The molecule has 1 heterocycles. The van der Waals surface area contributed by atoms with Gasteiger partial charge in [0.05, 0.1) is 12.6 Å². The summed E-state index contributed by atoms with van der Waals surface area (Å²) in [5.74, 6) is -0.842. The van der Waals surface area contributed by atoms with Gasteiger partial charge in [0.25, 0.3) is 0 Å². The number of amides is 3. The maximum atomic E-state index is 13.1. The third-order valence-corrected chi connectivity index (χ3v) is 5.63. The van der Waals surface area contributed by atoms with Crippen LogP contribution in [0, 0.1) is 5.92 Å². The monoisotopic (exact) mass is 443 g/mol. The van der Waals surface area contributed by atoms with Gasteiger partial charge in [0.2, 0.25) is 18.2 Å². The average molecular weight is 444 g/mol. The van der Waals surface area contributed by atoms with Gasteiger partial charge in [0.15, 0.2) is 0 Å². The zero-order chi connectivity index (χ0) is 23.7. The molecule has 2 atom stereocenters. The number of nitrogens with one attached hydrogen (secondary N) is 1. The molecule has 1 aliphatic heterocycles. The number of benzene rings is 1. The molecule has 1 saturated heterocycles. The highest BCUT2D eigenvalue weighted by molar-refractivity contribution is 5.96. The molecule has 1 aromatic carbocycles. The summed E-state index contributed by atoms with van der Waals surface area (Å²) in [6.07, 6.45) is 3.53. The van der Waals surface area contributed by atoms with Gasteiger partial charge in [-0.25, -0.2) is 4.79 Å². The Labute approximate surface area is 189 Å². The van der Waals surface area contributed by atoms with Gasteiger partial charge in [0, 0.05) is 19.2 Å². The van der Waals surface area contributed by atoms with E-state index in [0.717, 1.165) is 12.0 Å². The number of hydrogen-bond donors (Lipinski definition) is 1. The van der Waals surface area contributed by atoms with Gasteiger partial charge in [-0.2, -0.15) is 0 Å². The van der Waals surface area contributed by atoms with E-state index in [4.69, 9.17) is 4.74 Å². The molecule has 0 spiro atoms. The SMILES string of the molecule is C/C(=C\[C@H](C(C)C)N(C)C(=O)CNC=O)C(=O)N1CCC[C@H]1C(=O)OCc1ccccc1. The first-order valence-corrected chi connectivity index (χ1v) is 10.9. The van der Waals surface area contributed by atoms with Crippen LogP contribution in [-0.4, -0.2) is 66.2 Å². The van der Waals surface area contributed by atoms with Crippen molar-refractivity contribution >= 4 is 24.2 Å². The van der Waals surface area contributed by atoms with Gasteiger partial charge in [-0.1, -0.05) is 50.3 Å². The van der Waals surface area contributed by atoms with Gasteiger partial charge < -0.3 is 19.9 Å². The molecular weight excluding hydrogens is 410 g/mol. The minimum absolute atomic E-state index is 0.0492. The van der Waals surface area contributed by atoms with Crippen LogP contribution in [0.25, 0.3) is 0 Å². The molecule has 1 aromatic rings. The van der Waals surface area contributed by atoms with Gasteiger partial charge in [-0.15, -0.1) is 0 Å². The lowest BCUT2D eigenvalue weighted by Gasteiger charge is -2.30.